The fourth-order valence-corrected chi connectivity index (χ4v) is 3.46. The molecule has 1 aromatic carbocycles. The number of nitrogens with zero attached hydrogens (tertiary/aromatic N) is 1. The molecule has 24 heavy (non-hydrogen) atoms. The summed E-state index contributed by atoms with van der Waals surface area (Å²) in [6.07, 6.45) is 0.602. The molecule has 0 radical (unpaired) electrons. The zero-order valence-electron chi connectivity index (χ0n) is 13.9. The molecule has 1 aromatic rings. The largest absolute Gasteiger partial charge is 0.493 e. The molecule has 7 heteroatoms. The molecule has 0 spiro atoms. The lowest BCUT2D eigenvalue weighted by atomic mass is 10.2. The first-order chi connectivity index (χ1) is 11.4. The number of hydrogen-bond acceptors (Lipinski definition) is 6. The Balaban J connectivity index is 1.72. The molecule has 0 aromatic heterocycles. The molecule has 1 aliphatic heterocycles. The molecule has 0 amide bonds. The third-order valence-corrected chi connectivity index (χ3v) is 5.29. The highest BCUT2D eigenvalue weighted by atomic mass is 32.2. The minimum atomic E-state index is -2.87. The Kier molecular flexibility index (Phi) is 6.25. The third-order valence-electron chi connectivity index (χ3n) is 3.69. The summed E-state index contributed by atoms with van der Waals surface area (Å²) in [6.45, 7) is 6.92. The lowest BCUT2D eigenvalue weighted by Crippen LogP contribution is -2.40. The molecule has 2 rings (SSSR count). The van der Waals surface area contributed by atoms with Gasteiger partial charge in [0.2, 0.25) is 0 Å². The smallest absolute Gasteiger partial charge is 0.333 e. The zero-order chi connectivity index (χ0) is 17.6. The number of benzene rings is 1. The molecule has 0 saturated carbocycles. The second-order valence-electron chi connectivity index (χ2n) is 5.75. The average molecular weight is 353 g/mol. The van der Waals surface area contributed by atoms with Crippen molar-refractivity contribution in [3.8, 4) is 5.75 Å². The molecule has 1 heterocycles. The van der Waals surface area contributed by atoms with Gasteiger partial charge in [0.1, 0.15) is 5.75 Å². The summed E-state index contributed by atoms with van der Waals surface area (Å²) >= 11 is 0. The first-order valence-electron chi connectivity index (χ1n) is 7.88. The van der Waals surface area contributed by atoms with Gasteiger partial charge < -0.3 is 14.4 Å². The molecular weight excluding hydrogens is 330 g/mol. The van der Waals surface area contributed by atoms with Crippen LogP contribution < -0.4 is 9.64 Å². The minimum absolute atomic E-state index is 0.203. The maximum atomic E-state index is 11.4. The van der Waals surface area contributed by atoms with Gasteiger partial charge in [0.15, 0.2) is 9.84 Å². The maximum absolute atomic E-state index is 11.4. The summed E-state index contributed by atoms with van der Waals surface area (Å²) in [5.74, 6) is 0.750. The number of anilines is 1. The zero-order valence-corrected chi connectivity index (χ0v) is 14.7. The van der Waals surface area contributed by atoms with Gasteiger partial charge in [0, 0.05) is 30.8 Å². The Morgan fingerprint density at radius 3 is 2.38 bits per heavy atom. The minimum Gasteiger partial charge on any atom is -0.493 e. The van der Waals surface area contributed by atoms with Crippen molar-refractivity contribution < 1.29 is 22.7 Å². The van der Waals surface area contributed by atoms with Crippen molar-refractivity contribution in [2.45, 2.75) is 13.3 Å². The topological polar surface area (TPSA) is 72.9 Å². The lowest BCUT2D eigenvalue weighted by molar-refractivity contribution is -0.139. The molecule has 0 N–H and O–H groups in total. The summed E-state index contributed by atoms with van der Waals surface area (Å²) in [7, 11) is -2.87. The SMILES string of the molecule is C=C(C)C(=O)OCCCOc1ccc(N2CCS(=O)(=O)CC2)cc1. The first kappa shape index (κ1) is 18.3. The van der Waals surface area contributed by atoms with Crippen LogP contribution in [0.5, 0.6) is 5.75 Å². The van der Waals surface area contributed by atoms with Crippen molar-refractivity contribution in [1.82, 2.24) is 0 Å². The van der Waals surface area contributed by atoms with Gasteiger partial charge in [-0.05, 0) is 31.2 Å². The monoisotopic (exact) mass is 353 g/mol. The number of rotatable bonds is 7. The van der Waals surface area contributed by atoms with Gasteiger partial charge in [0.25, 0.3) is 0 Å². The Hall–Kier alpha value is -2.02. The van der Waals surface area contributed by atoms with Crippen LogP contribution in [0.4, 0.5) is 5.69 Å². The van der Waals surface area contributed by atoms with Crippen molar-refractivity contribution in [2.75, 3.05) is 42.7 Å². The quantitative estimate of drug-likeness (QED) is 0.423. The van der Waals surface area contributed by atoms with Gasteiger partial charge in [0.05, 0.1) is 24.7 Å². The van der Waals surface area contributed by atoms with Crippen LogP contribution in [0.15, 0.2) is 36.4 Å². The number of sulfone groups is 1. The molecule has 132 valence electrons. The van der Waals surface area contributed by atoms with Crippen LogP contribution in [0.3, 0.4) is 0 Å². The van der Waals surface area contributed by atoms with E-state index in [1.807, 2.05) is 24.3 Å². The van der Waals surface area contributed by atoms with Crippen LogP contribution in [0.25, 0.3) is 0 Å². The van der Waals surface area contributed by atoms with Gasteiger partial charge in [-0.2, -0.15) is 0 Å². The average Bonchev–Trinajstić information content (AvgIpc) is 2.55. The van der Waals surface area contributed by atoms with Crippen LogP contribution in [-0.4, -0.2) is 52.2 Å². The number of esters is 1. The standard InChI is InChI=1S/C17H23NO5S/c1-14(2)17(19)23-11-3-10-22-16-6-4-15(5-7-16)18-8-12-24(20,21)13-9-18/h4-7H,1,3,8-13H2,2H3. The van der Waals surface area contributed by atoms with Crippen molar-refractivity contribution in [2.24, 2.45) is 0 Å². The number of hydrogen-bond donors (Lipinski definition) is 0. The molecule has 1 saturated heterocycles. The van der Waals surface area contributed by atoms with Crippen LogP contribution in [-0.2, 0) is 19.4 Å². The summed E-state index contributed by atoms with van der Waals surface area (Å²) in [4.78, 5) is 13.3. The molecule has 0 unspecified atom stereocenters. The highest BCUT2D eigenvalue weighted by Crippen LogP contribution is 2.21. The Labute approximate surface area is 143 Å². The summed E-state index contributed by atoms with van der Waals surface area (Å²) in [5.41, 5.74) is 1.38. The van der Waals surface area contributed by atoms with Crippen molar-refractivity contribution in [1.29, 1.82) is 0 Å². The molecule has 6 nitrogen and oxygen atoms in total. The van der Waals surface area contributed by atoms with E-state index in [1.54, 1.807) is 6.92 Å². The van der Waals surface area contributed by atoms with E-state index >= 15 is 0 Å². The molecule has 1 aliphatic rings. The molecule has 0 bridgehead atoms. The normalized spacial score (nSPS) is 16.5. The molecular formula is C17H23NO5S. The Morgan fingerprint density at radius 2 is 1.79 bits per heavy atom. The predicted molar refractivity (Wildman–Crippen MR) is 93.2 cm³/mol. The fraction of sp³-hybridized carbons (Fsp3) is 0.471. The number of carbonyl (C=O) groups is 1. The van der Waals surface area contributed by atoms with Crippen LogP contribution in [0, 0.1) is 0 Å². The highest BCUT2D eigenvalue weighted by Gasteiger charge is 2.21. The van der Waals surface area contributed by atoms with E-state index in [1.165, 1.54) is 0 Å². The van der Waals surface area contributed by atoms with E-state index in [9.17, 15) is 13.2 Å². The van der Waals surface area contributed by atoms with Crippen molar-refractivity contribution in [3.05, 3.63) is 36.4 Å². The fourth-order valence-electron chi connectivity index (χ4n) is 2.26. The predicted octanol–water partition coefficient (Wildman–Crippen LogP) is 1.81. The Morgan fingerprint density at radius 1 is 1.17 bits per heavy atom. The second kappa shape index (κ2) is 8.19. The first-order valence-corrected chi connectivity index (χ1v) is 9.70. The number of ether oxygens (including phenoxy) is 2. The summed E-state index contributed by atoms with van der Waals surface area (Å²) < 4.78 is 33.5. The molecule has 0 aliphatic carbocycles. The van der Waals surface area contributed by atoms with Gasteiger partial charge in [-0.1, -0.05) is 6.58 Å². The van der Waals surface area contributed by atoms with E-state index in [-0.39, 0.29) is 17.5 Å². The summed E-state index contributed by atoms with van der Waals surface area (Å²) in [6, 6.07) is 7.57. The maximum Gasteiger partial charge on any atom is 0.333 e. The van der Waals surface area contributed by atoms with Gasteiger partial charge >= 0.3 is 5.97 Å². The van der Waals surface area contributed by atoms with Gasteiger partial charge in [-0.15, -0.1) is 0 Å². The van der Waals surface area contributed by atoms with E-state index in [2.05, 4.69) is 11.5 Å². The van der Waals surface area contributed by atoms with E-state index in [4.69, 9.17) is 9.47 Å². The Bertz CT molecular complexity index is 667. The lowest BCUT2D eigenvalue weighted by Gasteiger charge is -2.28. The summed E-state index contributed by atoms with van der Waals surface area (Å²) in [5, 5.41) is 0. The second-order valence-corrected chi connectivity index (χ2v) is 8.05. The third kappa shape index (κ3) is 5.56. The van der Waals surface area contributed by atoms with Crippen LogP contribution >= 0.6 is 0 Å². The van der Waals surface area contributed by atoms with E-state index < -0.39 is 9.84 Å². The van der Waals surface area contributed by atoms with Crippen LogP contribution in [0.1, 0.15) is 13.3 Å². The van der Waals surface area contributed by atoms with Gasteiger partial charge in [-0.3, -0.25) is 0 Å². The van der Waals surface area contributed by atoms with E-state index in [0.717, 1.165) is 11.4 Å². The van der Waals surface area contributed by atoms with Crippen molar-refractivity contribution >= 4 is 21.5 Å². The van der Waals surface area contributed by atoms with Gasteiger partial charge in [-0.25, -0.2) is 13.2 Å². The van der Waals surface area contributed by atoms with Crippen molar-refractivity contribution in [3.63, 3.8) is 0 Å². The number of carbonyl (C=O) groups excluding carboxylic acids is 1. The van der Waals surface area contributed by atoms with Crippen LogP contribution in [0.2, 0.25) is 0 Å². The van der Waals surface area contributed by atoms with E-state index in [0.29, 0.717) is 38.3 Å². The highest BCUT2D eigenvalue weighted by molar-refractivity contribution is 7.91. The molecule has 1 fully saturated rings. The molecule has 0 atom stereocenters.